The van der Waals surface area contributed by atoms with Crippen LogP contribution in [-0.2, 0) is 16.0 Å². The van der Waals surface area contributed by atoms with Crippen molar-refractivity contribution in [3.63, 3.8) is 0 Å². The molecule has 1 fully saturated rings. The molecule has 2 amide bonds. The average molecular weight is 363 g/mol. The van der Waals surface area contributed by atoms with Crippen molar-refractivity contribution < 1.29 is 9.59 Å². The molecule has 1 aromatic carbocycles. The van der Waals surface area contributed by atoms with E-state index in [0.29, 0.717) is 37.6 Å². The minimum atomic E-state index is -0.166. The van der Waals surface area contributed by atoms with Crippen LogP contribution in [0.15, 0.2) is 48.7 Å². The van der Waals surface area contributed by atoms with Crippen LogP contribution < -0.4 is 10.2 Å². The molecule has 0 spiro atoms. The summed E-state index contributed by atoms with van der Waals surface area (Å²) in [7, 11) is 0. The van der Waals surface area contributed by atoms with Gasteiger partial charge in [-0.15, -0.1) is 0 Å². The molecule has 0 aliphatic carbocycles. The van der Waals surface area contributed by atoms with Crippen molar-refractivity contribution in [3.8, 4) is 6.07 Å². The van der Waals surface area contributed by atoms with E-state index in [0.717, 1.165) is 5.56 Å². The first-order chi connectivity index (χ1) is 13.2. The Morgan fingerprint density at radius 1 is 1.07 bits per heavy atom. The Bertz CT molecular complexity index is 839. The van der Waals surface area contributed by atoms with Crippen LogP contribution in [0.1, 0.15) is 11.1 Å². The van der Waals surface area contributed by atoms with Gasteiger partial charge in [0.05, 0.1) is 18.5 Å². The summed E-state index contributed by atoms with van der Waals surface area (Å²) in [5.41, 5.74) is 1.45. The molecule has 7 heteroatoms. The van der Waals surface area contributed by atoms with Gasteiger partial charge in [0.1, 0.15) is 11.9 Å². The molecule has 0 bridgehead atoms. The van der Waals surface area contributed by atoms with Crippen LogP contribution in [-0.4, -0.2) is 54.4 Å². The molecule has 0 saturated carbocycles. The van der Waals surface area contributed by atoms with E-state index in [1.807, 2.05) is 35.2 Å². The maximum Gasteiger partial charge on any atom is 0.242 e. The van der Waals surface area contributed by atoms with E-state index >= 15 is 0 Å². The van der Waals surface area contributed by atoms with Gasteiger partial charge in [-0.25, -0.2) is 4.98 Å². The van der Waals surface area contributed by atoms with Gasteiger partial charge < -0.3 is 15.1 Å². The zero-order valence-electron chi connectivity index (χ0n) is 15.0. The third-order valence-corrected chi connectivity index (χ3v) is 4.48. The van der Waals surface area contributed by atoms with Crippen molar-refractivity contribution in [2.24, 2.45) is 0 Å². The molecule has 1 aromatic heterocycles. The Hall–Kier alpha value is -3.40. The SMILES string of the molecule is N#Cc1cccnc1N1CCN(C(=O)CNC(=O)Cc2ccccc2)CC1. The molecule has 0 unspecified atom stereocenters. The lowest BCUT2D eigenvalue weighted by Gasteiger charge is -2.35. The summed E-state index contributed by atoms with van der Waals surface area (Å²) in [6, 6.07) is 15.0. The molecule has 3 rings (SSSR count). The Labute approximate surface area is 158 Å². The maximum atomic E-state index is 12.3. The van der Waals surface area contributed by atoms with Crippen molar-refractivity contribution >= 4 is 17.6 Å². The Kier molecular flexibility index (Phi) is 6.00. The highest BCUT2D eigenvalue weighted by Gasteiger charge is 2.23. The lowest BCUT2D eigenvalue weighted by Crippen LogP contribution is -2.51. The third-order valence-electron chi connectivity index (χ3n) is 4.48. The van der Waals surface area contributed by atoms with E-state index < -0.39 is 0 Å². The molecule has 138 valence electrons. The first kappa shape index (κ1) is 18.4. The summed E-state index contributed by atoms with van der Waals surface area (Å²) >= 11 is 0. The van der Waals surface area contributed by atoms with Gasteiger partial charge in [-0.2, -0.15) is 5.26 Å². The van der Waals surface area contributed by atoms with Crippen LogP contribution in [0.3, 0.4) is 0 Å². The van der Waals surface area contributed by atoms with Crippen molar-refractivity contribution in [3.05, 3.63) is 59.8 Å². The van der Waals surface area contributed by atoms with Gasteiger partial charge >= 0.3 is 0 Å². The van der Waals surface area contributed by atoms with E-state index in [1.165, 1.54) is 0 Å². The maximum absolute atomic E-state index is 12.3. The summed E-state index contributed by atoms with van der Waals surface area (Å²) in [4.78, 5) is 32.4. The van der Waals surface area contributed by atoms with E-state index in [4.69, 9.17) is 0 Å². The Morgan fingerprint density at radius 3 is 2.52 bits per heavy atom. The van der Waals surface area contributed by atoms with Gasteiger partial charge in [0, 0.05) is 32.4 Å². The van der Waals surface area contributed by atoms with Crippen LogP contribution in [0.2, 0.25) is 0 Å². The summed E-state index contributed by atoms with van der Waals surface area (Å²) < 4.78 is 0. The number of hydrogen-bond donors (Lipinski definition) is 1. The second kappa shape index (κ2) is 8.81. The molecule has 1 N–H and O–H groups in total. The number of pyridine rings is 1. The lowest BCUT2D eigenvalue weighted by molar-refractivity contribution is -0.133. The summed E-state index contributed by atoms with van der Waals surface area (Å²) in [5, 5.41) is 11.9. The number of nitriles is 1. The minimum Gasteiger partial charge on any atom is -0.352 e. The zero-order chi connectivity index (χ0) is 19.1. The second-order valence-corrected chi connectivity index (χ2v) is 6.29. The summed E-state index contributed by atoms with van der Waals surface area (Å²) in [6.07, 6.45) is 1.93. The minimum absolute atomic E-state index is 0.00129. The molecule has 2 heterocycles. The average Bonchev–Trinajstić information content (AvgIpc) is 2.73. The number of carbonyl (C=O) groups excluding carboxylic acids is 2. The largest absolute Gasteiger partial charge is 0.352 e. The van der Waals surface area contributed by atoms with Crippen LogP contribution in [0, 0.1) is 11.3 Å². The van der Waals surface area contributed by atoms with Crippen LogP contribution >= 0.6 is 0 Å². The quantitative estimate of drug-likeness (QED) is 0.855. The van der Waals surface area contributed by atoms with E-state index in [-0.39, 0.29) is 24.8 Å². The molecule has 0 atom stereocenters. The summed E-state index contributed by atoms with van der Waals surface area (Å²) in [6.45, 7) is 2.28. The predicted octanol–water partition coefficient (Wildman–Crippen LogP) is 0.961. The fourth-order valence-corrected chi connectivity index (χ4v) is 3.03. The van der Waals surface area contributed by atoms with Gasteiger partial charge in [-0.1, -0.05) is 30.3 Å². The third kappa shape index (κ3) is 4.82. The Morgan fingerprint density at radius 2 is 1.81 bits per heavy atom. The van der Waals surface area contributed by atoms with Crippen molar-refractivity contribution in [1.82, 2.24) is 15.2 Å². The molecule has 1 saturated heterocycles. The van der Waals surface area contributed by atoms with E-state index in [2.05, 4.69) is 16.4 Å². The normalized spacial score (nSPS) is 13.7. The Balaban J connectivity index is 1.46. The van der Waals surface area contributed by atoms with Crippen molar-refractivity contribution in [2.45, 2.75) is 6.42 Å². The molecule has 2 aromatic rings. The van der Waals surface area contributed by atoms with Gasteiger partial charge in [-0.3, -0.25) is 9.59 Å². The van der Waals surface area contributed by atoms with Gasteiger partial charge in [0.2, 0.25) is 11.8 Å². The van der Waals surface area contributed by atoms with Crippen LogP contribution in [0.25, 0.3) is 0 Å². The number of nitrogens with one attached hydrogen (secondary N) is 1. The summed E-state index contributed by atoms with van der Waals surface area (Å²) in [5.74, 6) is 0.390. The fourth-order valence-electron chi connectivity index (χ4n) is 3.03. The van der Waals surface area contributed by atoms with E-state index in [1.54, 1.807) is 23.2 Å². The zero-order valence-corrected chi connectivity index (χ0v) is 15.0. The highest BCUT2D eigenvalue weighted by Crippen LogP contribution is 2.17. The topological polar surface area (TPSA) is 89.3 Å². The van der Waals surface area contributed by atoms with Crippen molar-refractivity contribution in [2.75, 3.05) is 37.6 Å². The van der Waals surface area contributed by atoms with Gasteiger partial charge in [0.15, 0.2) is 0 Å². The highest BCUT2D eigenvalue weighted by molar-refractivity contribution is 5.85. The number of rotatable bonds is 5. The molecule has 0 radical (unpaired) electrons. The number of hydrogen-bond acceptors (Lipinski definition) is 5. The first-order valence-electron chi connectivity index (χ1n) is 8.86. The molecule has 1 aliphatic rings. The molecular formula is C20H21N5O2. The first-order valence-corrected chi connectivity index (χ1v) is 8.86. The standard InChI is InChI=1S/C20H21N5O2/c21-14-17-7-4-8-22-20(17)25-11-9-24(10-12-25)19(27)15-23-18(26)13-16-5-2-1-3-6-16/h1-8H,9-13,15H2,(H,23,26). The smallest absolute Gasteiger partial charge is 0.242 e. The number of nitrogens with zero attached hydrogens (tertiary/aromatic N) is 4. The number of aromatic nitrogens is 1. The molecular weight excluding hydrogens is 342 g/mol. The molecule has 1 aliphatic heterocycles. The number of amides is 2. The lowest BCUT2D eigenvalue weighted by atomic mass is 10.1. The van der Waals surface area contributed by atoms with Crippen LogP contribution in [0.4, 0.5) is 5.82 Å². The monoisotopic (exact) mass is 363 g/mol. The fraction of sp³-hybridized carbons (Fsp3) is 0.300. The predicted molar refractivity (Wildman–Crippen MR) is 101 cm³/mol. The van der Waals surface area contributed by atoms with Gasteiger partial charge in [-0.05, 0) is 17.7 Å². The van der Waals surface area contributed by atoms with Crippen LogP contribution in [0.5, 0.6) is 0 Å². The number of benzene rings is 1. The number of piperazine rings is 1. The van der Waals surface area contributed by atoms with E-state index in [9.17, 15) is 14.9 Å². The van der Waals surface area contributed by atoms with Gasteiger partial charge in [0.25, 0.3) is 0 Å². The number of carbonyl (C=O) groups is 2. The highest BCUT2D eigenvalue weighted by atomic mass is 16.2. The number of anilines is 1. The molecule has 27 heavy (non-hydrogen) atoms. The molecule has 7 nitrogen and oxygen atoms in total. The second-order valence-electron chi connectivity index (χ2n) is 6.29. The van der Waals surface area contributed by atoms with Crippen molar-refractivity contribution in [1.29, 1.82) is 5.26 Å².